The van der Waals surface area contributed by atoms with Gasteiger partial charge in [0.05, 0.1) is 6.21 Å². The van der Waals surface area contributed by atoms with Gasteiger partial charge in [0, 0.05) is 16.1 Å². The summed E-state index contributed by atoms with van der Waals surface area (Å²) in [5.41, 5.74) is 3.79. The fraction of sp³-hybridized carbons (Fsp3) is 0.0625. The summed E-state index contributed by atoms with van der Waals surface area (Å²) in [5, 5.41) is 3.90. The molecule has 0 aliphatic heterocycles. The molecule has 112 valence electrons. The smallest absolute Gasteiger partial charge is 0.308 e. The van der Waals surface area contributed by atoms with Crippen molar-refractivity contribution in [2.24, 2.45) is 5.10 Å². The van der Waals surface area contributed by atoms with Crippen LogP contribution >= 0.6 is 22.6 Å². The third kappa shape index (κ3) is 4.96. The summed E-state index contributed by atoms with van der Waals surface area (Å²) in [5.74, 6) is -0.176. The third-order valence-corrected chi connectivity index (χ3v) is 3.28. The van der Waals surface area contributed by atoms with E-state index in [2.05, 4.69) is 33.1 Å². The van der Waals surface area contributed by atoms with Crippen molar-refractivity contribution < 1.29 is 14.3 Å². The van der Waals surface area contributed by atoms with Gasteiger partial charge in [0.15, 0.2) is 0 Å². The van der Waals surface area contributed by atoms with Crippen molar-refractivity contribution in [2.45, 2.75) is 6.92 Å². The lowest BCUT2D eigenvalue weighted by Crippen LogP contribution is -2.17. The van der Waals surface area contributed by atoms with Crippen molar-refractivity contribution in [2.75, 3.05) is 0 Å². The highest BCUT2D eigenvalue weighted by Crippen LogP contribution is 2.11. The molecule has 22 heavy (non-hydrogen) atoms. The first-order chi connectivity index (χ1) is 10.5. The first kappa shape index (κ1) is 16.2. The average molecular weight is 408 g/mol. The summed E-state index contributed by atoms with van der Waals surface area (Å²) in [6.07, 6.45) is 1.52. The molecule has 1 N–H and O–H groups in total. The molecular weight excluding hydrogens is 395 g/mol. The standard InChI is InChI=1S/C16H13IN2O3/c1-11(20)22-15-7-5-12(6-8-15)10-18-19-16(21)13-3-2-4-14(17)9-13/h2-10H,1H3,(H,19,21)/b18-10-. The Morgan fingerprint density at radius 2 is 1.91 bits per heavy atom. The highest BCUT2D eigenvalue weighted by atomic mass is 127. The van der Waals surface area contributed by atoms with E-state index < -0.39 is 0 Å². The van der Waals surface area contributed by atoms with Gasteiger partial charge in [0.1, 0.15) is 5.75 Å². The van der Waals surface area contributed by atoms with Gasteiger partial charge in [-0.05, 0) is 70.6 Å². The monoisotopic (exact) mass is 408 g/mol. The largest absolute Gasteiger partial charge is 0.427 e. The number of benzene rings is 2. The minimum atomic E-state index is -0.369. The van der Waals surface area contributed by atoms with Crippen LogP contribution in [0.25, 0.3) is 0 Å². The first-order valence-electron chi connectivity index (χ1n) is 6.42. The van der Waals surface area contributed by atoms with Crippen molar-refractivity contribution in [3.8, 4) is 5.75 Å². The van der Waals surface area contributed by atoms with Crippen LogP contribution in [-0.2, 0) is 4.79 Å². The molecule has 0 unspecified atom stereocenters. The van der Waals surface area contributed by atoms with Crippen LogP contribution in [0.5, 0.6) is 5.75 Å². The third-order valence-electron chi connectivity index (χ3n) is 2.61. The Morgan fingerprint density at radius 3 is 2.55 bits per heavy atom. The fourth-order valence-electron chi connectivity index (χ4n) is 1.65. The number of hydrogen-bond acceptors (Lipinski definition) is 4. The lowest BCUT2D eigenvalue weighted by Gasteiger charge is -2.01. The molecule has 0 atom stereocenters. The van der Waals surface area contributed by atoms with Crippen LogP contribution in [0.3, 0.4) is 0 Å². The van der Waals surface area contributed by atoms with Gasteiger partial charge in [0.2, 0.25) is 0 Å². The Bertz CT molecular complexity index is 712. The van der Waals surface area contributed by atoms with Crippen LogP contribution in [0.15, 0.2) is 53.6 Å². The lowest BCUT2D eigenvalue weighted by atomic mass is 10.2. The number of hydrogen-bond donors (Lipinski definition) is 1. The van der Waals surface area contributed by atoms with Crippen molar-refractivity contribution in [3.05, 3.63) is 63.2 Å². The predicted octanol–water partition coefficient (Wildman–Crippen LogP) is 2.98. The molecule has 2 aromatic rings. The molecule has 0 saturated carbocycles. The van der Waals surface area contributed by atoms with Crippen LogP contribution in [0, 0.1) is 3.57 Å². The Balaban J connectivity index is 1.94. The van der Waals surface area contributed by atoms with Gasteiger partial charge in [-0.15, -0.1) is 0 Å². The topological polar surface area (TPSA) is 67.8 Å². The number of nitrogens with zero attached hydrogens (tertiary/aromatic N) is 1. The number of carbonyl (C=O) groups is 2. The fourth-order valence-corrected chi connectivity index (χ4v) is 2.19. The van der Waals surface area contributed by atoms with E-state index in [-0.39, 0.29) is 11.9 Å². The zero-order valence-corrected chi connectivity index (χ0v) is 13.9. The van der Waals surface area contributed by atoms with E-state index in [4.69, 9.17) is 4.74 Å². The Morgan fingerprint density at radius 1 is 1.18 bits per heavy atom. The van der Waals surface area contributed by atoms with E-state index in [0.717, 1.165) is 9.13 Å². The molecule has 5 nitrogen and oxygen atoms in total. The molecule has 0 spiro atoms. The second kappa shape index (κ2) is 7.69. The summed E-state index contributed by atoms with van der Waals surface area (Å²) < 4.78 is 5.91. The van der Waals surface area contributed by atoms with Crippen molar-refractivity contribution in [3.63, 3.8) is 0 Å². The van der Waals surface area contributed by atoms with Crippen LogP contribution in [0.1, 0.15) is 22.8 Å². The van der Waals surface area contributed by atoms with Crippen molar-refractivity contribution in [1.29, 1.82) is 0 Å². The molecule has 0 fully saturated rings. The molecule has 0 aromatic heterocycles. The molecule has 0 radical (unpaired) electrons. The Hall–Kier alpha value is -2.22. The number of rotatable bonds is 4. The van der Waals surface area contributed by atoms with E-state index in [1.165, 1.54) is 13.1 Å². The zero-order valence-electron chi connectivity index (χ0n) is 11.7. The number of halogens is 1. The minimum absolute atomic E-state index is 0.272. The highest BCUT2D eigenvalue weighted by molar-refractivity contribution is 14.1. The van der Waals surface area contributed by atoms with Gasteiger partial charge >= 0.3 is 5.97 Å². The maximum atomic E-state index is 11.9. The zero-order chi connectivity index (χ0) is 15.9. The normalized spacial score (nSPS) is 10.5. The highest BCUT2D eigenvalue weighted by Gasteiger charge is 2.03. The number of hydrazone groups is 1. The molecule has 2 aromatic carbocycles. The number of amides is 1. The van der Waals surface area contributed by atoms with Gasteiger partial charge in [-0.1, -0.05) is 6.07 Å². The predicted molar refractivity (Wildman–Crippen MR) is 92.0 cm³/mol. The lowest BCUT2D eigenvalue weighted by molar-refractivity contribution is -0.131. The molecule has 0 aliphatic carbocycles. The molecule has 1 amide bonds. The number of ether oxygens (including phenoxy) is 1. The maximum Gasteiger partial charge on any atom is 0.308 e. The van der Waals surface area contributed by atoms with Crippen LogP contribution in [0.4, 0.5) is 0 Å². The summed E-state index contributed by atoms with van der Waals surface area (Å²) in [4.78, 5) is 22.7. The number of nitrogens with one attached hydrogen (secondary N) is 1. The van der Waals surface area contributed by atoms with E-state index in [0.29, 0.717) is 11.3 Å². The summed E-state index contributed by atoms with van der Waals surface area (Å²) in [6, 6.07) is 14.0. The first-order valence-corrected chi connectivity index (χ1v) is 7.50. The van der Waals surface area contributed by atoms with Gasteiger partial charge < -0.3 is 4.74 Å². The van der Waals surface area contributed by atoms with Gasteiger partial charge in [0.25, 0.3) is 5.91 Å². The molecule has 6 heteroatoms. The number of esters is 1. The number of carbonyl (C=O) groups excluding carboxylic acids is 2. The Labute approximate surface area is 141 Å². The second-order valence-corrected chi connectivity index (χ2v) is 5.62. The van der Waals surface area contributed by atoms with E-state index in [1.54, 1.807) is 36.4 Å². The van der Waals surface area contributed by atoms with Gasteiger partial charge in [-0.25, -0.2) is 5.43 Å². The maximum absolute atomic E-state index is 11.9. The second-order valence-electron chi connectivity index (χ2n) is 4.37. The quantitative estimate of drug-likeness (QED) is 0.278. The minimum Gasteiger partial charge on any atom is -0.427 e. The Kier molecular flexibility index (Phi) is 5.65. The van der Waals surface area contributed by atoms with Crippen LogP contribution in [-0.4, -0.2) is 18.1 Å². The van der Waals surface area contributed by atoms with Gasteiger partial charge in [-0.2, -0.15) is 5.10 Å². The SMILES string of the molecule is CC(=O)Oc1ccc(/C=N\NC(=O)c2cccc(I)c2)cc1. The van der Waals surface area contributed by atoms with Crippen LogP contribution < -0.4 is 10.2 Å². The van der Waals surface area contributed by atoms with Crippen molar-refractivity contribution >= 4 is 40.7 Å². The molecule has 0 bridgehead atoms. The summed E-state index contributed by atoms with van der Waals surface area (Å²) in [6.45, 7) is 1.34. The summed E-state index contributed by atoms with van der Waals surface area (Å²) >= 11 is 2.14. The molecule has 0 saturated heterocycles. The van der Waals surface area contributed by atoms with Crippen LogP contribution in [0.2, 0.25) is 0 Å². The van der Waals surface area contributed by atoms with Gasteiger partial charge in [-0.3, -0.25) is 9.59 Å². The van der Waals surface area contributed by atoms with E-state index in [1.807, 2.05) is 12.1 Å². The molecule has 2 rings (SSSR count). The average Bonchev–Trinajstić information content (AvgIpc) is 2.48. The van der Waals surface area contributed by atoms with E-state index in [9.17, 15) is 9.59 Å². The molecular formula is C16H13IN2O3. The molecule has 0 heterocycles. The van der Waals surface area contributed by atoms with E-state index >= 15 is 0 Å². The molecule has 0 aliphatic rings. The van der Waals surface area contributed by atoms with Crippen molar-refractivity contribution in [1.82, 2.24) is 5.43 Å². The summed E-state index contributed by atoms with van der Waals surface area (Å²) in [7, 11) is 0.